The lowest BCUT2D eigenvalue weighted by molar-refractivity contribution is -0.0501. The van der Waals surface area contributed by atoms with E-state index in [0.717, 1.165) is 12.1 Å². The Bertz CT molecular complexity index is 531. The van der Waals surface area contributed by atoms with Crippen LogP contribution in [0.5, 0.6) is 5.75 Å². The average Bonchev–Trinajstić information content (AvgIpc) is 2.27. The second-order valence-corrected chi connectivity index (χ2v) is 3.89. The van der Waals surface area contributed by atoms with Gasteiger partial charge in [-0.1, -0.05) is 0 Å². The number of hydrogen-bond acceptors (Lipinski definition) is 2. The van der Waals surface area contributed by atoms with Crippen molar-refractivity contribution in [2.45, 2.75) is 6.61 Å². The zero-order valence-corrected chi connectivity index (χ0v) is 10.9. The predicted octanol–water partition coefficient (Wildman–Crippen LogP) is 1.41. The van der Waals surface area contributed by atoms with E-state index in [1.165, 1.54) is 0 Å². The van der Waals surface area contributed by atoms with Gasteiger partial charge < -0.3 is 21.9 Å². The Morgan fingerprint density at radius 2 is 1.89 bits per heavy atom. The van der Waals surface area contributed by atoms with Gasteiger partial charge in [0.05, 0.1) is 4.47 Å². The number of halogens is 4. The molecule has 1 aromatic carbocycles. The number of benzene rings is 1. The lowest BCUT2D eigenvalue weighted by Crippen LogP contribution is -2.26. The van der Waals surface area contributed by atoms with Gasteiger partial charge in [0.15, 0.2) is 11.7 Å². The molecule has 0 aliphatic carbocycles. The van der Waals surface area contributed by atoms with Crippen molar-refractivity contribution in [2.75, 3.05) is 0 Å². The van der Waals surface area contributed by atoms with Crippen LogP contribution >= 0.6 is 15.9 Å². The maximum absolute atomic E-state index is 13.2. The van der Waals surface area contributed by atoms with Gasteiger partial charge in [0.1, 0.15) is 11.5 Å². The van der Waals surface area contributed by atoms with Crippen LogP contribution in [0.15, 0.2) is 26.6 Å². The number of rotatable bonds is 3. The molecule has 0 unspecified atom stereocenters. The van der Waals surface area contributed by atoms with Crippen molar-refractivity contribution in [3.05, 3.63) is 22.4 Å². The van der Waals surface area contributed by atoms with Crippen LogP contribution in [0.25, 0.3) is 0 Å². The normalized spacial score (nSPS) is 11.5. The molecule has 0 amide bonds. The van der Waals surface area contributed by atoms with E-state index in [-0.39, 0.29) is 16.1 Å². The van der Waals surface area contributed by atoms with Crippen molar-refractivity contribution >= 4 is 33.5 Å². The molecule has 19 heavy (non-hydrogen) atoms. The summed E-state index contributed by atoms with van der Waals surface area (Å²) in [6.07, 6.45) is 0. The third-order valence-electron chi connectivity index (χ3n) is 1.71. The van der Waals surface area contributed by atoms with Crippen molar-refractivity contribution in [2.24, 2.45) is 27.2 Å². The van der Waals surface area contributed by atoms with E-state index in [9.17, 15) is 13.2 Å². The number of nitrogens with zero attached hydrogens (tertiary/aromatic N) is 2. The molecule has 1 rings (SSSR count). The van der Waals surface area contributed by atoms with Gasteiger partial charge in [-0.05, 0) is 28.1 Å². The van der Waals surface area contributed by atoms with Crippen molar-refractivity contribution in [1.82, 2.24) is 0 Å². The quantitative estimate of drug-likeness (QED) is 0.570. The third kappa shape index (κ3) is 4.32. The maximum Gasteiger partial charge on any atom is 0.387 e. The molecule has 0 heterocycles. The summed E-state index contributed by atoms with van der Waals surface area (Å²) in [6, 6.07) is 2.08. The number of guanidine groups is 2. The molecule has 0 aliphatic rings. The van der Waals surface area contributed by atoms with E-state index in [2.05, 4.69) is 30.7 Å². The molecule has 104 valence electrons. The van der Waals surface area contributed by atoms with Crippen molar-refractivity contribution in [3.8, 4) is 5.75 Å². The Hall–Kier alpha value is -1.97. The van der Waals surface area contributed by atoms with Crippen LogP contribution in [-0.2, 0) is 0 Å². The summed E-state index contributed by atoms with van der Waals surface area (Å²) in [5.41, 5.74) is 15.3. The zero-order chi connectivity index (χ0) is 14.6. The maximum atomic E-state index is 13.2. The van der Waals surface area contributed by atoms with E-state index in [1.54, 1.807) is 0 Å². The van der Waals surface area contributed by atoms with Crippen molar-refractivity contribution in [1.29, 1.82) is 0 Å². The average molecular weight is 340 g/mol. The van der Waals surface area contributed by atoms with Gasteiger partial charge in [-0.3, -0.25) is 0 Å². The highest BCUT2D eigenvalue weighted by atomic mass is 79.9. The van der Waals surface area contributed by atoms with Gasteiger partial charge in [-0.15, -0.1) is 0 Å². The first-order valence-corrected chi connectivity index (χ1v) is 5.47. The molecule has 0 aliphatic heterocycles. The Balaban J connectivity index is 3.27. The molecule has 0 aromatic heterocycles. The van der Waals surface area contributed by atoms with E-state index >= 15 is 0 Å². The molecular formula is C9H9BrF3N5O. The van der Waals surface area contributed by atoms with Crippen molar-refractivity contribution in [3.63, 3.8) is 0 Å². The fraction of sp³-hybridized carbons (Fsp3) is 0.111. The van der Waals surface area contributed by atoms with Gasteiger partial charge in [0, 0.05) is 0 Å². The van der Waals surface area contributed by atoms with Crippen molar-refractivity contribution < 1.29 is 17.9 Å². The highest BCUT2D eigenvalue weighted by molar-refractivity contribution is 9.10. The SMILES string of the molecule is NC(N)=NC(N)=Nc1ccc(F)c(Br)c1OC(F)F. The standard InChI is InChI=1S/C9H9BrF3N5O/c10-5-3(11)1-2-4(6(5)19-7(12)13)17-9(16)18-8(14)15/h1-2,7H,(H6,14,15,16,17,18). The Kier molecular flexibility index (Phi) is 4.98. The minimum absolute atomic E-state index is 0.156. The predicted molar refractivity (Wildman–Crippen MR) is 67.8 cm³/mol. The molecule has 0 saturated heterocycles. The van der Waals surface area contributed by atoms with Crippen LogP contribution in [0.1, 0.15) is 0 Å². The first-order valence-electron chi connectivity index (χ1n) is 4.68. The minimum atomic E-state index is -3.16. The van der Waals surface area contributed by atoms with E-state index in [4.69, 9.17) is 17.2 Å². The molecule has 0 radical (unpaired) electrons. The number of nitrogens with two attached hydrogens (primary N) is 3. The molecule has 0 fully saturated rings. The van der Waals surface area contributed by atoms with Gasteiger partial charge >= 0.3 is 6.61 Å². The first-order chi connectivity index (χ1) is 8.81. The minimum Gasteiger partial charge on any atom is -0.431 e. The van der Waals surface area contributed by atoms with Crippen LogP contribution in [-0.4, -0.2) is 18.5 Å². The Labute approximate surface area is 114 Å². The van der Waals surface area contributed by atoms with Gasteiger partial charge in [0.25, 0.3) is 0 Å². The van der Waals surface area contributed by atoms with Crippen LogP contribution in [0, 0.1) is 5.82 Å². The summed E-state index contributed by atoms with van der Waals surface area (Å²) in [5.74, 6) is -2.06. The van der Waals surface area contributed by atoms with E-state index in [1.807, 2.05) is 0 Å². The van der Waals surface area contributed by atoms with Crippen LogP contribution < -0.4 is 21.9 Å². The molecule has 0 atom stereocenters. The summed E-state index contributed by atoms with van der Waals surface area (Å²) in [4.78, 5) is 7.04. The summed E-state index contributed by atoms with van der Waals surface area (Å²) in [7, 11) is 0. The lowest BCUT2D eigenvalue weighted by atomic mass is 10.3. The Morgan fingerprint density at radius 1 is 1.26 bits per heavy atom. The van der Waals surface area contributed by atoms with E-state index in [0.29, 0.717) is 0 Å². The number of alkyl halides is 2. The van der Waals surface area contributed by atoms with Gasteiger partial charge in [0.2, 0.25) is 5.96 Å². The van der Waals surface area contributed by atoms with E-state index < -0.39 is 24.1 Å². The van der Waals surface area contributed by atoms with Crippen LogP contribution in [0.2, 0.25) is 0 Å². The Morgan fingerprint density at radius 3 is 2.42 bits per heavy atom. The highest BCUT2D eigenvalue weighted by Gasteiger charge is 2.17. The highest BCUT2D eigenvalue weighted by Crippen LogP contribution is 2.38. The second-order valence-electron chi connectivity index (χ2n) is 3.09. The molecule has 0 spiro atoms. The van der Waals surface area contributed by atoms with Crippen LogP contribution in [0.3, 0.4) is 0 Å². The molecule has 6 N–H and O–H groups in total. The van der Waals surface area contributed by atoms with Crippen LogP contribution in [0.4, 0.5) is 18.9 Å². The summed E-state index contributed by atoms with van der Waals surface area (Å²) >= 11 is 2.77. The monoisotopic (exact) mass is 339 g/mol. The first kappa shape index (κ1) is 15.1. The third-order valence-corrected chi connectivity index (χ3v) is 2.45. The molecule has 6 nitrogen and oxygen atoms in total. The number of ether oxygens (including phenoxy) is 1. The largest absolute Gasteiger partial charge is 0.431 e. The second kappa shape index (κ2) is 6.27. The molecular weight excluding hydrogens is 331 g/mol. The summed E-state index contributed by atoms with van der Waals surface area (Å²) in [5, 5.41) is 0. The fourth-order valence-electron chi connectivity index (χ4n) is 1.09. The zero-order valence-electron chi connectivity index (χ0n) is 9.28. The molecule has 0 saturated carbocycles. The molecule has 1 aromatic rings. The summed E-state index contributed by atoms with van der Waals surface area (Å²) in [6.45, 7) is -3.16. The van der Waals surface area contributed by atoms with Gasteiger partial charge in [-0.2, -0.15) is 13.8 Å². The molecule has 10 heteroatoms. The number of hydrogen-bond donors (Lipinski definition) is 3. The lowest BCUT2D eigenvalue weighted by Gasteiger charge is -2.10. The molecule has 0 bridgehead atoms. The van der Waals surface area contributed by atoms with Gasteiger partial charge in [-0.25, -0.2) is 9.38 Å². The number of aliphatic imine (C=N–C) groups is 2. The topological polar surface area (TPSA) is 112 Å². The smallest absolute Gasteiger partial charge is 0.387 e. The summed E-state index contributed by atoms with van der Waals surface area (Å²) < 4.78 is 41.6. The fourth-order valence-corrected chi connectivity index (χ4v) is 1.52.